The molecule has 0 aromatic carbocycles. The lowest BCUT2D eigenvalue weighted by atomic mass is 9.83. The second kappa shape index (κ2) is 7.65. The lowest BCUT2D eigenvalue weighted by molar-refractivity contribution is -0.143. The highest BCUT2D eigenvalue weighted by molar-refractivity contribution is 5.76. The highest BCUT2D eigenvalue weighted by atomic mass is 16.6. The molecule has 2 fully saturated rings. The zero-order chi connectivity index (χ0) is 16.2. The van der Waals surface area contributed by atoms with Crippen molar-refractivity contribution in [2.75, 3.05) is 19.6 Å². The molecular weight excluding hydrogens is 286 g/mol. The van der Waals surface area contributed by atoms with Crippen LogP contribution in [0.3, 0.4) is 0 Å². The van der Waals surface area contributed by atoms with Gasteiger partial charge in [0.2, 0.25) is 0 Å². The van der Waals surface area contributed by atoms with Crippen molar-refractivity contribution < 1.29 is 9.53 Å². The number of carbonyl (C=O) groups is 1. The van der Waals surface area contributed by atoms with Crippen LogP contribution >= 0.6 is 0 Å². The first kappa shape index (κ1) is 16.8. The zero-order valence-electron chi connectivity index (χ0n) is 14.7. The highest BCUT2D eigenvalue weighted by Crippen LogP contribution is 2.36. The van der Waals surface area contributed by atoms with Crippen molar-refractivity contribution in [2.45, 2.75) is 64.9 Å². The van der Waals surface area contributed by atoms with E-state index in [9.17, 15) is 4.79 Å². The zero-order valence-corrected chi connectivity index (χ0v) is 14.7. The Hall–Kier alpha value is -1.09. The summed E-state index contributed by atoms with van der Waals surface area (Å²) in [4.78, 5) is 15.0. The van der Waals surface area contributed by atoms with Gasteiger partial charge in [-0.05, 0) is 71.5 Å². The second-order valence-electron chi connectivity index (χ2n) is 7.67. The first-order valence-electron chi connectivity index (χ1n) is 9.39. The number of hydrogen-bond donors (Lipinski definition) is 0. The maximum absolute atomic E-state index is 12.5. The van der Waals surface area contributed by atoms with E-state index in [1.54, 1.807) is 0 Å². The monoisotopic (exact) mass is 317 g/mol. The average molecular weight is 317 g/mol. The van der Waals surface area contributed by atoms with Crippen LogP contribution in [0.4, 0.5) is 0 Å². The summed E-state index contributed by atoms with van der Waals surface area (Å²) in [5.41, 5.74) is 2.83. The summed E-state index contributed by atoms with van der Waals surface area (Å²) in [5.74, 6) is 0.450. The summed E-state index contributed by atoms with van der Waals surface area (Å²) >= 11 is 0. The van der Waals surface area contributed by atoms with E-state index < -0.39 is 0 Å². The van der Waals surface area contributed by atoms with Gasteiger partial charge in [0, 0.05) is 12.5 Å². The standard InChI is InChI=1S/C20H31NO2/c1-15-7-6-8-16(2)13-19-17(10-9-15)18(20(22)23-19)14-21-11-4-3-5-12-21/h7,13,17-19H,3-6,8-12,14H2,1-2H3/b15-7-,16-13?/t17-,18+,19+/m1/s1. The number of esters is 1. The molecule has 3 heteroatoms. The van der Waals surface area contributed by atoms with Gasteiger partial charge >= 0.3 is 5.97 Å². The first-order chi connectivity index (χ1) is 11.1. The Balaban J connectivity index is 1.74. The van der Waals surface area contributed by atoms with E-state index >= 15 is 0 Å². The molecule has 0 bridgehead atoms. The van der Waals surface area contributed by atoms with Gasteiger partial charge in [0.1, 0.15) is 6.10 Å². The van der Waals surface area contributed by atoms with Gasteiger partial charge in [-0.1, -0.05) is 23.6 Å². The smallest absolute Gasteiger partial charge is 0.311 e. The Labute approximate surface area is 140 Å². The molecule has 3 nitrogen and oxygen atoms in total. The molecule has 0 aromatic rings. The van der Waals surface area contributed by atoms with E-state index in [2.05, 4.69) is 30.9 Å². The minimum Gasteiger partial charge on any atom is -0.458 e. The van der Waals surface area contributed by atoms with Crippen LogP contribution in [0.1, 0.15) is 58.8 Å². The summed E-state index contributed by atoms with van der Waals surface area (Å²) < 4.78 is 5.80. The summed E-state index contributed by atoms with van der Waals surface area (Å²) in [6.07, 6.45) is 12.8. The Morgan fingerprint density at radius 1 is 1.13 bits per heavy atom. The van der Waals surface area contributed by atoms with Crippen molar-refractivity contribution in [2.24, 2.45) is 11.8 Å². The summed E-state index contributed by atoms with van der Waals surface area (Å²) in [6, 6.07) is 0. The second-order valence-corrected chi connectivity index (χ2v) is 7.67. The predicted octanol–water partition coefficient (Wildman–Crippen LogP) is 4.10. The maximum atomic E-state index is 12.5. The van der Waals surface area contributed by atoms with Crippen LogP contribution in [0.5, 0.6) is 0 Å². The quantitative estimate of drug-likeness (QED) is 0.567. The van der Waals surface area contributed by atoms with Crippen LogP contribution in [0.25, 0.3) is 0 Å². The van der Waals surface area contributed by atoms with Crippen LogP contribution in [0, 0.1) is 11.8 Å². The van der Waals surface area contributed by atoms with E-state index in [-0.39, 0.29) is 18.0 Å². The Morgan fingerprint density at radius 2 is 1.91 bits per heavy atom. The molecule has 0 saturated carbocycles. The predicted molar refractivity (Wildman–Crippen MR) is 93.1 cm³/mol. The Morgan fingerprint density at radius 3 is 2.70 bits per heavy atom. The van der Waals surface area contributed by atoms with Crippen LogP contribution in [0.2, 0.25) is 0 Å². The van der Waals surface area contributed by atoms with Crippen LogP contribution in [-0.2, 0) is 9.53 Å². The van der Waals surface area contributed by atoms with Gasteiger partial charge in [-0.15, -0.1) is 0 Å². The van der Waals surface area contributed by atoms with Crippen molar-refractivity contribution in [1.82, 2.24) is 4.90 Å². The third-order valence-corrected chi connectivity index (χ3v) is 5.75. The van der Waals surface area contributed by atoms with Gasteiger partial charge < -0.3 is 9.64 Å². The molecule has 128 valence electrons. The van der Waals surface area contributed by atoms with Crippen molar-refractivity contribution in [3.8, 4) is 0 Å². The van der Waals surface area contributed by atoms with Gasteiger partial charge in [-0.3, -0.25) is 4.79 Å². The minimum absolute atomic E-state index is 0.00295. The number of carbonyl (C=O) groups excluding carboxylic acids is 1. The number of hydrogen-bond acceptors (Lipinski definition) is 3. The molecule has 0 aromatic heterocycles. The molecule has 3 rings (SSSR count). The van der Waals surface area contributed by atoms with Crippen LogP contribution in [0.15, 0.2) is 23.3 Å². The first-order valence-corrected chi connectivity index (χ1v) is 9.39. The molecule has 1 aliphatic carbocycles. The Bertz CT molecular complexity index is 488. The lowest BCUT2D eigenvalue weighted by Gasteiger charge is -2.30. The number of piperidine rings is 1. The van der Waals surface area contributed by atoms with Crippen LogP contribution < -0.4 is 0 Å². The lowest BCUT2D eigenvalue weighted by Crippen LogP contribution is -2.38. The minimum atomic E-state index is 0.00295. The van der Waals surface area contributed by atoms with E-state index in [0.717, 1.165) is 45.3 Å². The molecule has 0 N–H and O–H groups in total. The molecule has 2 saturated heterocycles. The molecule has 2 aliphatic heterocycles. The van der Waals surface area contributed by atoms with E-state index in [0.29, 0.717) is 5.92 Å². The number of rotatable bonds is 2. The van der Waals surface area contributed by atoms with Crippen LogP contribution in [-0.4, -0.2) is 36.6 Å². The van der Waals surface area contributed by atoms with E-state index in [1.807, 2.05) is 0 Å². The third kappa shape index (κ3) is 4.26. The number of ether oxygens (including phenoxy) is 1. The summed E-state index contributed by atoms with van der Waals surface area (Å²) in [6.45, 7) is 7.60. The van der Waals surface area contributed by atoms with E-state index in [4.69, 9.17) is 4.74 Å². The van der Waals surface area contributed by atoms with Crippen molar-refractivity contribution in [1.29, 1.82) is 0 Å². The van der Waals surface area contributed by atoms with E-state index in [1.165, 1.54) is 30.4 Å². The molecule has 2 heterocycles. The number of nitrogens with zero attached hydrogens (tertiary/aromatic N) is 1. The number of fused-ring (bicyclic) bond motifs is 1. The van der Waals surface area contributed by atoms with Gasteiger partial charge in [0.15, 0.2) is 0 Å². The van der Waals surface area contributed by atoms with Crippen molar-refractivity contribution >= 4 is 5.97 Å². The molecule has 0 radical (unpaired) electrons. The third-order valence-electron chi connectivity index (χ3n) is 5.75. The molecule has 23 heavy (non-hydrogen) atoms. The largest absolute Gasteiger partial charge is 0.458 e. The van der Waals surface area contributed by atoms with Crippen molar-refractivity contribution in [3.63, 3.8) is 0 Å². The Kier molecular flexibility index (Phi) is 5.58. The van der Waals surface area contributed by atoms with Gasteiger partial charge in [-0.2, -0.15) is 0 Å². The average Bonchev–Trinajstić information content (AvgIpc) is 2.81. The molecule has 3 atom stereocenters. The topological polar surface area (TPSA) is 29.5 Å². The molecule has 0 amide bonds. The molecule has 0 spiro atoms. The summed E-state index contributed by atoms with van der Waals surface area (Å²) in [7, 11) is 0. The molecule has 3 aliphatic rings. The number of allylic oxidation sites excluding steroid dienone is 3. The fourth-order valence-corrected chi connectivity index (χ4v) is 4.27. The molecule has 0 unspecified atom stereocenters. The summed E-state index contributed by atoms with van der Waals surface area (Å²) in [5, 5.41) is 0. The maximum Gasteiger partial charge on any atom is 0.311 e. The number of likely N-dealkylation sites (tertiary alicyclic amines) is 1. The van der Waals surface area contributed by atoms with Gasteiger partial charge in [0.05, 0.1) is 5.92 Å². The SMILES string of the molecule is CC1=C[C@@H]2OC(=O)[C@@H](CN3CCCCC3)[C@H]2CC/C(C)=C\CC1. The normalized spacial score (nSPS) is 35.7. The van der Waals surface area contributed by atoms with Crippen molar-refractivity contribution in [3.05, 3.63) is 23.3 Å². The highest BCUT2D eigenvalue weighted by Gasteiger charge is 2.43. The van der Waals surface area contributed by atoms with Gasteiger partial charge in [-0.25, -0.2) is 0 Å². The fourth-order valence-electron chi connectivity index (χ4n) is 4.27. The fraction of sp³-hybridized carbons (Fsp3) is 0.750. The molecular formula is C20H31NO2. The van der Waals surface area contributed by atoms with Gasteiger partial charge in [0.25, 0.3) is 0 Å².